The number of anilines is 1. The van der Waals surface area contributed by atoms with Crippen molar-refractivity contribution >= 4 is 41.4 Å². The molecule has 2 aliphatic heterocycles. The number of fused-ring (bicyclic) bond motifs is 1. The van der Waals surface area contributed by atoms with Gasteiger partial charge in [-0.25, -0.2) is 0 Å². The highest BCUT2D eigenvalue weighted by Gasteiger charge is 2.35. The monoisotopic (exact) mass is 409 g/mol. The molecular weight excluding hydrogens is 393 g/mol. The first-order chi connectivity index (χ1) is 12.2. The zero-order valence-electron chi connectivity index (χ0n) is 13.9. The van der Waals surface area contributed by atoms with Crippen LogP contribution in [-0.4, -0.2) is 23.3 Å². The number of nitrogens with one attached hydrogen (secondary N) is 3. The maximum atomic E-state index is 9.98. The van der Waals surface area contributed by atoms with E-state index in [1.165, 1.54) is 0 Å². The van der Waals surface area contributed by atoms with Gasteiger partial charge in [-0.1, -0.05) is 35.3 Å². The van der Waals surface area contributed by atoms with Gasteiger partial charge in [-0.15, -0.1) is 12.4 Å². The van der Waals surface area contributed by atoms with Gasteiger partial charge in [0.2, 0.25) is 0 Å². The molecule has 5 nitrogen and oxygen atoms in total. The maximum absolute atomic E-state index is 9.98. The van der Waals surface area contributed by atoms with Crippen molar-refractivity contribution in [2.24, 2.45) is 5.92 Å². The lowest BCUT2D eigenvalue weighted by atomic mass is 9.79. The van der Waals surface area contributed by atoms with Crippen molar-refractivity contribution in [1.29, 1.82) is 5.26 Å². The molecule has 0 amide bonds. The van der Waals surface area contributed by atoms with E-state index in [9.17, 15) is 5.26 Å². The smallest absolute Gasteiger partial charge is 0.129 e. The van der Waals surface area contributed by atoms with Crippen molar-refractivity contribution in [1.82, 2.24) is 15.5 Å². The molecule has 4 rings (SSSR count). The second-order valence-corrected chi connectivity index (χ2v) is 7.15. The molecule has 26 heavy (non-hydrogen) atoms. The van der Waals surface area contributed by atoms with Crippen molar-refractivity contribution in [2.75, 3.05) is 18.4 Å². The second kappa shape index (κ2) is 7.89. The first kappa shape index (κ1) is 19.1. The van der Waals surface area contributed by atoms with E-state index in [1.807, 2.05) is 12.1 Å². The minimum atomic E-state index is -0.268. The standard InChI is InChI=1S/C18H17Cl2N5.ClH/c19-14-3-1-2-11(16(14)20)15-12(8-21)17(10-4-6-22-7-5-10)24-18-13(15)9-23-25-18;/h1-3,9-10,15,22H,4-7H2,(H2,23,24,25);1H. The van der Waals surface area contributed by atoms with Crippen LogP contribution in [0, 0.1) is 17.2 Å². The summed E-state index contributed by atoms with van der Waals surface area (Å²) < 4.78 is 0. The fourth-order valence-electron chi connectivity index (χ4n) is 3.75. The Kier molecular flexibility index (Phi) is 5.79. The lowest BCUT2D eigenvalue weighted by Crippen LogP contribution is -2.32. The molecule has 0 aliphatic carbocycles. The van der Waals surface area contributed by atoms with Crippen LogP contribution in [0.25, 0.3) is 0 Å². The molecule has 0 bridgehead atoms. The van der Waals surface area contributed by atoms with Crippen molar-refractivity contribution in [3.05, 3.63) is 56.8 Å². The molecule has 2 aliphatic rings. The average molecular weight is 411 g/mol. The number of hydrogen-bond donors (Lipinski definition) is 3. The van der Waals surface area contributed by atoms with Gasteiger partial charge in [-0.2, -0.15) is 10.4 Å². The van der Waals surface area contributed by atoms with Crippen LogP contribution in [0.15, 0.2) is 35.7 Å². The Balaban J connectivity index is 0.00000196. The largest absolute Gasteiger partial charge is 0.343 e. The zero-order chi connectivity index (χ0) is 17.4. The van der Waals surface area contributed by atoms with E-state index in [1.54, 1.807) is 12.3 Å². The molecule has 1 atom stereocenters. The molecule has 1 saturated heterocycles. The van der Waals surface area contributed by atoms with Gasteiger partial charge < -0.3 is 10.6 Å². The van der Waals surface area contributed by atoms with Gasteiger partial charge in [0.15, 0.2) is 0 Å². The molecule has 3 heterocycles. The Morgan fingerprint density at radius 3 is 2.65 bits per heavy atom. The number of benzene rings is 1. The molecule has 0 radical (unpaired) electrons. The number of allylic oxidation sites excluding steroid dienone is 2. The van der Waals surface area contributed by atoms with E-state index < -0.39 is 0 Å². The number of aromatic amines is 1. The third kappa shape index (κ3) is 3.19. The minimum Gasteiger partial charge on any atom is -0.343 e. The summed E-state index contributed by atoms with van der Waals surface area (Å²) in [5.41, 5.74) is 3.42. The molecule has 1 fully saturated rings. The number of H-pyrrole nitrogens is 1. The summed E-state index contributed by atoms with van der Waals surface area (Å²) in [5, 5.41) is 24.9. The zero-order valence-corrected chi connectivity index (χ0v) is 16.2. The molecule has 1 aromatic carbocycles. The van der Waals surface area contributed by atoms with E-state index in [0.29, 0.717) is 21.5 Å². The normalized spacial score (nSPS) is 20.0. The van der Waals surface area contributed by atoms with Crippen LogP contribution in [0.2, 0.25) is 10.0 Å². The van der Waals surface area contributed by atoms with Crippen LogP contribution in [0.3, 0.4) is 0 Å². The molecular formula is C18H18Cl3N5. The van der Waals surface area contributed by atoms with Crippen molar-refractivity contribution in [3.8, 4) is 6.07 Å². The molecule has 136 valence electrons. The highest BCUT2D eigenvalue weighted by Crippen LogP contribution is 2.46. The molecule has 1 aromatic heterocycles. The molecule has 2 aromatic rings. The summed E-state index contributed by atoms with van der Waals surface area (Å²) in [7, 11) is 0. The van der Waals surface area contributed by atoms with Gasteiger partial charge in [0, 0.05) is 17.2 Å². The predicted octanol–water partition coefficient (Wildman–Crippen LogP) is 4.47. The topological polar surface area (TPSA) is 76.5 Å². The Morgan fingerprint density at radius 1 is 1.15 bits per heavy atom. The van der Waals surface area contributed by atoms with Gasteiger partial charge in [0.1, 0.15) is 5.82 Å². The van der Waals surface area contributed by atoms with Gasteiger partial charge in [-0.3, -0.25) is 5.10 Å². The lowest BCUT2D eigenvalue weighted by molar-refractivity contribution is 0.418. The van der Waals surface area contributed by atoms with Crippen LogP contribution in [0.1, 0.15) is 29.9 Å². The van der Waals surface area contributed by atoms with Gasteiger partial charge >= 0.3 is 0 Å². The van der Waals surface area contributed by atoms with Crippen molar-refractivity contribution in [3.63, 3.8) is 0 Å². The Morgan fingerprint density at radius 2 is 1.92 bits per heavy atom. The number of halogens is 3. The van der Waals surface area contributed by atoms with Crippen LogP contribution >= 0.6 is 35.6 Å². The first-order valence-corrected chi connectivity index (χ1v) is 9.05. The number of piperidine rings is 1. The van der Waals surface area contributed by atoms with E-state index in [0.717, 1.165) is 48.6 Å². The SMILES string of the molecule is Cl.N#CC1=C(C2CCNCC2)Nc2[nH]ncc2C1c1cccc(Cl)c1Cl. The predicted molar refractivity (Wildman–Crippen MR) is 106 cm³/mol. The fourth-order valence-corrected chi connectivity index (χ4v) is 4.17. The summed E-state index contributed by atoms with van der Waals surface area (Å²) in [6.07, 6.45) is 3.74. The van der Waals surface area contributed by atoms with Gasteiger partial charge in [-0.05, 0) is 37.6 Å². The van der Waals surface area contributed by atoms with Gasteiger partial charge in [0.25, 0.3) is 0 Å². The summed E-state index contributed by atoms with van der Waals surface area (Å²) in [6.45, 7) is 1.90. The fraction of sp³-hybridized carbons (Fsp3) is 0.333. The third-order valence-electron chi connectivity index (χ3n) is 4.98. The van der Waals surface area contributed by atoms with Gasteiger partial charge in [0.05, 0.1) is 33.8 Å². The average Bonchev–Trinajstić information content (AvgIpc) is 3.11. The lowest BCUT2D eigenvalue weighted by Gasteiger charge is -2.33. The number of nitrogens with zero attached hydrogens (tertiary/aromatic N) is 2. The maximum Gasteiger partial charge on any atom is 0.129 e. The van der Waals surface area contributed by atoms with Crippen LogP contribution < -0.4 is 10.6 Å². The molecule has 0 spiro atoms. The summed E-state index contributed by atoms with van der Waals surface area (Å²) in [4.78, 5) is 0. The van der Waals surface area contributed by atoms with Crippen LogP contribution in [0.4, 0.5) is 5.82 Å². The molecule has 0 saturated carbocycles. The summed E-state index contributed by atoms with van der Waals surface area (Å²) in [5.74, 6) is 0.873. The first-order valence-electron chi connectivity index (χ1n) is 8.29. The highest BCUT2D eigenvalue weighted by atomic mass is 35.5. The van der Waals surface area contributed by atoms with Crippen LogP contribution in [0.5, 0.6) is 0 Å². The summed E-state index contributed by atoms with van der Waals surface area (Å²) >= 11 is 12.7. The van der Waals surface area contributed by atoms with Crippen LogP contribution in [-0.2, 0) is 0 Å². The number of rotatable bonds is 2. The second-order valence-electron chi connectivity index (χ2n) is 6.36. The quantitative estimate of drug-likeness (QED) is 0.682. The van der Waals surface area contributed by atoms with Crippen molar-refractivity contribution in [2.45, 2.75) is 18.8 Å². The Labute approximate surface area is 168 Å². The van der Waals surface area contributed by atoms with E-state index in [4.69, 9.17) is 23.2 Å². The Bertz CT molecular complexity index is 877. The van der Waals surface area contributed by atoms with Crippen molar-refractivity contribution < 1.29 is 0 Å². The molecule has 1 unspecified atom stereocenters. The minimum absolute atomic E-state index is 0. The molecule has 8 heteroatoms. The number of aromatic nitrogens is 2. The number of hydrogen-bond acceptors (Lipinski definition) is 4. The van der Waals surface area contributed by atoms with E-state index >= 15 is 0 Å². The molecule has 3 N–H and O–H groups in total. The summed E-state index contributed by atoms with van der Waals surface area (Å²) in [6, 6.07) is 7.98. The van der Waals surface area contributed by atoms with E-state index in [2.05, 4.69) is 26.9 Å². The third-order valence-corrected chi connectivity index (χ3v) is 5.81. The Hall–Kier alpha value is -1.71. The highest BCUT2D eigenvalue weighted by molar-refractivity contribution is 6.42. The van der Waals surface area contributed by atoms with E-state index in [-0.39, 0.29) is 18.3 Å². The number of nitriles is 1.